The minimum absolute atomic E-state index is 0.0775. The average molecular weight is 490 g/mol. The lowest BCUT2D eigenvalue weighted by Gasteiger charge is -2.12. The maximum atomic E-state index is 13.1. The van der Waals surface area contributed by atoms with Gasteiger partial charge in [-0.05, 0) is 63.9 Å². The molecular formula is C32H27NO4. The summed E-state index contributed by atoms with van der Waals surface area (Å²) in [4.78, 5) is 13.1. The van der Waals surface area contributed by atoms with Crippen LogP contribution < -0.4 is 14.8 Å². The highest BCUT2D eigenvalue weighted by Gasteiger charge is 2.14. The summed E-state index contributed by atoms with van der Waals surface area (Å²) in [5.74, 6) is 0.997. The molecule has 0 saturated heterocycles. The second kappa shape index (κ2) is 10.9. The summed E-state index contributed by atoms with van der Waals surface area (Å²) in [6, 6.07) is 34.4. The van der Waals surface area contributed by atoms with Gasteiger partial charge in [0.05, 0.1) is 19.3 Å². The van der Waals surface area contributed by atoms with Gasteiger partial charge in [-0.2, -0.15) is 0 Å². The molecule has 184 valence electrons. The number of hydrogen-bond acceptors (Lipinski definition) is 4. The van der Waals surface area contributed by atoms with Crippen molar-refractivity contribution >= 4 is 22.4 Å². The molecule has 0 aromatic heterocycles. The lowest BCUT2D eigenvalue weighted by molar-refractivity contribution is 0.102. The summed E-state index contributed by atoms with van der Waals surface area (Å²) in [5.41, 5.74) is 3.67. The average Bonchev–Trinajstić information content (AvgIpc) is 2.93. The van der Waals surface area contributed by atoms with Gasteiger partial charge in [0.25, 0.3) is 5.91 Å². The number of phenols is 1. The Bertz CT molecular complexity index is 1560. The first-order valence-corrected chi connectivity index (χ1v) is 12.1. The number of carbonyl (C=O) groups excluding carboxylic acids is 1. The predicted molar refractivity (Wildman–Crippen MR) is 148 cm³/mol. The first-order chi connectivity index (χ1) is 18.1. The third-order valence-electron chi connectivity index (χ3n) is 6.25. The van der Waals surface area contributed by atoms with E-state index in [4.69, 9.17) is 9.47 Å². The van der Waals surface area contributed by atoms with Crippen LogP contribution in [0.2, 0.25) is 0 Å². The second-order valence-corrected chi connectivity index (χ2v) is 8.69. The van der Waals surface area contributed by atoms with Crippen molar-refractivity contribution in [1.82, 2.24) is 0 Å². The quantitative estimate of drug-likeness (QED) is 0.244. The number of fused-ring (bicyclic) bond motifs is 1. The third kappa shape index (κ3) is 5.57. The van der Waals surface area contributed by atoms with Crippen molar-refractivity contribution in [3.63, 3.8) is 0 Å². The van der Waals surface area contributed by atoms with Crippen molar-refractivity contribution in [2.45, 2.75) is 6.42 Å². The van der Waals surface area contributed by atoms with E-state index in [1.165, 1.54) is 0 Å². The highest BCUT2D eigenvalue weighted by Crippen LogP contribution is 2.29. The Balaban J connectivity index is 1.28. The zero-order chi connectivity index (χ0) is 25.6. The van der Waals surface area contributed by atoms with Gasteiger partial charge in [-0.3, -0.25) is 4.79 Å². The Kier molecular flexibility index (Phi) is 7.04. The largest absolute Gasteiger partial charge is 0.507 e. The van der Waals surface area contributed by atoms with Gasteiger partial charge in [0.1, 0.15) is 17.2 Å². The van der Waals surface area contributed by atoms with Crippen molar-refractivity contribution in [2.75, 3.05) is 19.0 Å². The van der Waals surface area contributed by atoms with Crippen LogP contribution in [0.15, 0.2) is 109 Å². The zero-order valence-electron chi connectivity index (χ0n) is 20.5. The van der Waals surface area contributed by atoms with Gasteiger partial charge in [0.2, 0.25) is 0 Å². The molecule has 0 heterocycles. The number of amides is 1. The van der Waals surface area contributed by atoms with Gasteiger partial charge in [0, 0.05) is 18.2 Å². The van der Waals surface area contributed by atoms with Crippen LogP contribution in [-0.4, -0.2) is 24.7 Å². The molecule has 0 spiro atoms. The van der Waals surface area contributed by atoms with E-state index in [0.29, 0.717) is 24.5 Å². The molecule has 5 aromatic carbocycles. The van der Waals surface area contributed by atoms with Crippen LogP contribution >= 0.6 is 0 Å². The summed E-state index contributed by atoms with van der Waals surface area (Å²) < 4.78 is 11.3. The van der Waals surface area contributed by atoms with Crippen molar-refractivity contribution in [3.8, 4) is 28.4 Å². The third-order valence-corrected chi connectivity index (χ3v) is 6.25. The predicted octanol–water partition coefficient (Wildman–Crippen LogP) is 7.09. The zero-order valence-corrected chi connectivity index (χ0v) is 20.5. The number of nitrogens with one attached hydrogen (secondary N) is 1. The van der Waals surface area contributed by atoms with Crippen LogP contribution in [0.1, 0.15) is 15.9 Å². The fourth-order valence-corrected chi connectivity index (χ4v) is 4.32. The van der Waals surface area contributed by atoms with E-state index in [1.54, 1.807) is 31.4 Å². The molecule has 5 aromatic rings. The molecule has 5 heteroatoms. The van der Waals surface area contributed by atoms with Crippen molar-refractivity contribution in [2.24, 2.45) is 0 Å². The van der Waals surface area contributed by atoms with E-state index >= 15 is 0 Å². The Labute approximate surface area is 215 Å². The Morgan fingerprint density at radius 1 is 0.784 bits per heavy atom. The second-order valence-electron chi connectivity index (χ2n) is 8.69. The SMILES string of the molecule is COc1ccccc1CCOc1cccc(NC(=O)c2cc(-c3ccc4ccccc4c3)ccc2O)c1. The Hall–Kier alpha value is -4.77. The standard InChI is InChI=1S/C32H27NO4/c1-36-31-12-5-4-8-23(31)17-18-37-28-11-6-10-27(21-28)33-32(35)29-20-26(15-16-30(29)34)25-14-13-22-7-2-3-9-24(22)19-25/h2-16,19-21,34H,17-18H2,1H3,(H,33,35). The molecule has 0 atom stereocenters. The Morgan fingerprint density at radius 2 is 1.54 bits per heavy atom. The van der Waals surface area contributed by atoms with Crippen molar-refractivity contribution in [1.29, 1.82) is 0 Å². The van der Waals surface area contributed by atoms with Gasteiger partial charge in [0.15, 0.2) is 0 Å². The highest BCUT2D eigenvalue weighted by molar-refractivity contribution is 6.07. The molecule has 0 bridgehead atoms. The van der Waals surface area contributed by atoms with E-state index in [2.05, 4.69) is 29.6 Å². The van der Waals surface area contributed by atoms with Gasteiger partial charge in [-0.15, -0.1) is 0 Å². The first kappa shape index (κ1) is 23.9. The molecule has 0 aliphatic heterocycles. The maximum Gasteiger partial charge on any atom is 0.259 e. The van der Waals surface area contributed by atoms with E-state index < -0.39 is 5.91 Å². The molecule has 5 rings (SSSR count). The molecule has 0 aliphatic carbocycles. The van der Waals surface area contributed by atoms with Gasteiger partial charge < -0.3 is 19.9 Å². The van der Waals surface area contributed by atoms with Crippen LogP contribution in [0.25, 0.3) is 21.9 Å². The fraction of sp³-hybridized carbons (Fsp3) is 0.0938. The summed E-state index contributed by atoms with van der Waals surface area (Å²) in [5, 5.41) is 15.6. The first-order valence-electron chi connectivity index (χ1n) is 12.1. The molecule has 37 heavy (non-hydrogen) atoms. The lowest BCUT2D eigenvalue weighted by Crippen LogP contribution is -2.12. The number of methoxy groups -OCH3 is 1. The number of anilines is 1. The van der Waals surface area contributed by atoms with Crippen molar-refractivity contribution < 1.29 is 19.4 Å². The van der Waals surface area contributed by atoms with Crippen LogP contribution in [0.4, 0.5) is 5.69 Å². The topological polar surface area (TPSA) is 67.8 Å². The van der Waals surface area contributed by atoms with Crippen LogP contribution in [0, 0.1) is 0 Å². The molecule has 0 saturated carbocycles. The van der Waals surface area contributed by atoms with E-state index in [0.717, 1.165) is 33.2 Å². The molecule has 0 aliphatic rings. The number of carbonyl (C=O) groups is 1. The van der Waals surface area contributed by atoms with Crippen molar-refractivity contribution in [3.05, 3.63) is 120 Å². The number of ether oxygens (including phenoxy) is 2. The number of hydrogen-bond donors (Lipinski definition) is 2. The maximum absolute atomic E-state index is 13.1. The Morgan fingerprint density at radius 3 is 2.41 bits per heavy atom. The lowest BCUT2D eigenvalue weighted by atomic mass is 9.99. The van der Waals surface area contributed by atoms with Gasteiger partial charge in [-0.25, -0.2) is 0 Å². The number of phenolic OH excluding ortho intramolecular Hbond substituents is 1. The van der Waals surface area contributed by atoms with Crippen LogP contribution in [0.5, 0.6) is 17.2 Å². The highest BCUT2D eigenvalue weighted by atomic mass is 16.5. The summed E-state index contributed by atoms with van der Waals surface area (Å²) in [6.07, 6.45) is 0.691. The molecule has 5 nitrogen and oxygen atoms in total. The smallest absolute Gasteiger partial charge is 0.259 e. The summed E-state index contributed by atoms with van der Waals surface area (Å²) >= 11 is 0. The van der Waals surface area contributed by atoms with Gasteiger partial charge >= 0.3 is 0 Å². The minimum atomic E-state index is -0.397. The molecular weight excluding hydrogens is 462 g/mol. The fourth-order valence-electron chi connectivity index (χ4n) is 4.32. The van der Waals surface area contributed by atoms with E-state index in [1.807, 2.05) is 60.7 Å². The van der Waals surface area contributed by atoms with E-state index in [9.17, 15) is 9.90 Å². The summed E-state index contributed by atoms with van der Waals surface area (Å²) in [6.45, 7) is 0.465. The minimum Gasteiger partial charge on any atom is -0.507 e. The molecule has 2 N–H and O–H groups in total. The van der Waals surface area contributed by atoms with Gasteiger partial charge in [-0.1, -0.05) is 66.7 Å². The number of benzene rings is 5. The monoisotopic (exact) mass is 489 g/mol. The normalized spacial score (nSPS) is 10.7. The number of aromatic hydroxyl groups is 1. The molecule has 0 unspecified atom stereocenters. The van der Waals surface area contributed by atoms with Crippen LogP contribution in [-0.2, 0) is 6.42 Å². The van der Waals surface area contributed by atoms with Crippen LogP contribution in [0.3, 0.4) is 0 Å². The molecule has 0 fully saturated rings. The molecule has 0 radical (unpaired) electrons. The number of rotatable bonds is 8. The number of para-hydroxylation sites is 1. The summed E-state index contributed by atoms with van der Waals surface area (Å²) in [7, 11) is 1.65. The van der Waals surface area contributed by atoms with E-state index in [-0.39, 0.29) is 11.3 Å². The molecule has 1 amide bonds.